The van der Waals surface area contributed by atoms with Gasteiger partial charge in [0, 0.05) is 27.5 Å². The Morgan fingerprint density at radius 1 is 0.408 bits per heavy atom. The van der Waals surface area contributed by atoms with Gasteiger partial charge in [0.15, 0.2) is 17.5 Å². The van der Waals surface area contributed by atoms with Gasteiger partial charge in [-0.1, -0.05) is 145 Å². The van der Waals surface area contributed by atoms with E-state index in [0.717, 1.165) is 22.3 Å². The molecule has 0 saturated heterocycles. The fraction of sp³-hybridized carbons (Fsp3) is 0. The molecule has 2 heterocycles. The second-order valence-electron chi connectivity index (χ2n) is 11.2. The van der Waals surface area contributed by atoms with Crippen molar-refractivity contribution in [1.29, 1.82) is 0 Å². The molecule has 230 valence electrons. The van der Waals surface area contributed by atoms with E-state index < -0.39 is 72.0 Å². The molecular formula is C45H29N3O. The summed E-state index contributed by atoms with van der Waals surface area (Å²) in [7, 11) is 0. The molecule has 0 aliphatic heterocycles. The number of fused-ring (bicyclic) bond motifs is 3. The van der Waals surface area contributed by atoms with Gasteiger partial charge in [-0.15, -0.1) is 0 Å². The van der Waals surface area contributed by atoms with Crippen molar-refractivity contribution >= 4 is 21.9 Å². The van der Waals surface area contributed by atoms with E-state index in [2.05, 4.69) is 0 Å². The predicted molar refractivity (Wildman–Crippen MR) is 200 cm³/mol. The first-order valence-electron chi connectivity index (χ1n) is 21.0. The molecular weight excluding hydrogens is 599 g/mol. The smallest absolute Gasteiger partial charge is 0.164 e. The molecule has 0 saturated carbocycles. The van der Waals surface area contributed by atoms with Crippen LogP contribution in [0.25, 0.3) is 89.5 Å². The Hall–Kier alpha value is -6.65. The number of aromatic nitrogens is 3. The van der Waals surface area contributed by atoms with Crippen molar-refractivity contribution in [2.75, 3.05) is 0 Å². The van der Waals surface area contributed by atoms with Gasteiger partial charge in [0.25, 0.3) is 0 Å². The zero-order valence-corrected chi connectivity index (χ0v) is 25.6. The van der Waals surface area contributed by atoms with E-state index in [0.29, 0.717) is 11.1 Å². The van der Waals surface area contributed by atoms with Crippen LogP contribution in [0.3, 0.4) is 0 Å². The third-order valence-corrected chi connectivity index (χ3v) is 8.17. The summed E-state index contributed by atoms with van der Waals surface area (Å²) in [4.78, 5) is 14.6. The summed E-state index contributed by atoms with van der Waals surface area (Å²) in [6.45, 7) is 0. The van der Waals surface area contributed by atoms with E-state index in [1.54, 1.807) is 0 Å². The molecule has 0 radical (unpaired) electrons. The minimum absolute atomic E-state index is 0.116. The Bertz CT molecular complexity index is 3190. The van der Waals surface area contributed by atoms with Crippen molar-refractivity contribution < 1.29 is 19.5 Å². The number of furan rings is 1. The molecule has 0 amide bonds. The summed E-state index contributed by atoms with van der Waals surface area (Å²) in [6.07, 6.45) is 0. The van der Waals surface area contributed by atoms with E-state index >= 15 is 0 Å². The third kappa shape index (κ3) is 5.35. The summed E-state index contributed by atoms with van der Waals surface area (Å²) in [5.41, 5.74) is 3.28. The maximum absolute atomic E-state index is 9.52. The first-order chi connectivity index (χ1) is 28.9. The molecule has 0 aliphatic rings. The van der Waals surface area contributed by atoms with E-state index in [1.807, 2.05) is 109 Å². The van der Waals surface area contributed by atoms with E-state index in [-0.39, 0.29) is 50.5 Å². The molecule has 2 aromatic heterocycles. The summed E-state index contributed by atoms with van der Waals surface area (Å²) in [6, 6.07) is 28.0. The fourth-order valence-electron chi connectivity index (χ4n) is 5.85. The third-order valence-electron chi connectivity index (χ3n) is 8.17. The predicted octanol–water partition coefficient (Wildman–Crippen LogP) is 11.8. The van der Waals surface area contributed by atoms with Gasteiger partial charge in [-0.25, -0.2) is 15.0 Å². The molecule has 7 aromatic carbocycles. The minimum Gasteiger partial charge on any atom is -0.456 e. The molecule has 4 heteroatoms. The quantitative estimate of drug-likeness (QED) is 0.182. The van der Waals surface area contributed by atoms with Crippen LogP contribution < -0.4 is 0 Å². The Morgan fingerprint density at radius 2 is 1.06 bits per heavy atom. The number of benzene rings is 7. The van der Waals surface area contributed by atoms with Crippen LogP contribution in [0.5, 0.6) is 0 Å². The summed E-state index contributed by atoms with van der Waals surface area (Å²) < 4.78 is 103. The van der Waals surface area contributed by atoms with E-state index in [9.17, 15) is 4.11 Å². The topological polar surface area (TPSA) is 51.8 Å². The Labute approximate surface area is 299 Å². The van der Waals surface area contributed by atoms with Crippen LogP contribution >= 0.6 is 0 Å². The highest BCUT2D eigenvalue weighted by molar-refractivity contribution is 6.13. The van der Waals surface area contributed by atoms with Gasteiger partial charge in [-0.2, -0.15) is 0 Å². The normalized spacial score (nSPS) is 14.4. The molecule has 49 heavy (non-hydrogen) atoms. The molecule has 0 bridgehead atoms. The van der Waals surface area contributed by atoms with Crippen LogP contribution in [0.2, 0.25) is 0 Å². The highest BCUT2D eigenvalue weighted by Crippen LogP contribution is 2.39. The highest BCUT2D eigenvalue weighted by atomic mass is 16.3. The Morgan fingerprint density at radius 3 is 1.80 bits per heavy atom. The average Bonchev–Trinajstić information content (AvgIpc) is 3.69. The van der Waals surface area contributed by atoms with Gasteiger partial charge in [0.2, 0.25) is 0 Å². The lowest BCUT2D eigenvalue weighted by molar-refractivity contribution is 0.669. The van der Waals surface area contributed by atoms with Crippen LogP contribution in [0, 0.1) is 0 Å². The maximum Gasteiger partial charge on any atom is 0.164 e. The number of nitrogens with zero attached hydrogens (tertiary/aromatic N) is 3. The van der Waals surface area contributed by atoms with Crippen molar-refractivity contribution in [1.82, 2.24) is 15.0 Å². The molecule has 9 rings (SSSR count). The SMILES string of the molecule is [2H]c1c([2H])c([2H])c(-c2c([2H])c([2H])c([2H])c3oc4c([2H])c(-c5nc(-c6ccccc6)nc(-c6ccc(-c7ccccc7)cc6-c6ccccc6)n5)c([2H])c([2H])c4c23)c([2H])c1[2H]. The van der Waals surface area contributed by atoms with Crippen molar-refractivity contribution in [3.05, 3.63) is 176 Å². The fourth-order valence-corrected chi connectivity index (χ4v) is 5.85. The standard InChI is InChI=1S/C45H29N3O/c1-5-14-30(15-6-1)34-24-26-37(39(28-34)32-18-9-3-10-19-32)45-47-43(33-20-11-4-12-21-33)46-44(48-45)35-25-27-38-41(29-35)49-40-23-13-22-36(42(38)40)31-16-7-2-8-17-31/h1-29H/i2D,7D,8D,13D,16D,17D,22D,23D,25D,27D,29D. The first kappa shape index (κ1) is 19.2. The molecule has 9 aromatic rings. The van der Waals surface area contributed by atoms with Crippen LogP contribution in [0.4, 0.5) is 0 Å². The lowest BCUT2D eigenvalue weighted by atomic mass is 9.94. The van der Waals surface area contributed by atoms with Crippen LogP contribution in [0.15, 0.2) is 180 Å². The van der Waals surface area contributed by atoms with E-state index in [1.165, 1.54) is 0 Å². The van der Waals surface area contributed by atoms with Gasteiger partial charge in [0.05, 0.1) is 15.1 Å². The number of rotatable bonds is 6. The van der Waals surface area contributed by atoms with Gasteiger partial charge >= 0.3 is 0 Å². The van der Waals surface area contributed by atoms with Crippen LogP contribution in [-0.2, 0) is 0 Å². The lowest BCUT2D eigenvalue weighted by Gasteiger charge is -2.14. The van der Waals surface area contributed by atoms with Crippen molar-refractivity contribution in [3.63, 3.8) is 0 Å². The highest BCUT2D eigenvalue weighted by Gasteiger charge is 2.19. The molecule has 0 N–H and O–H groups in total. The molecule has 0 fully saturated rings. The van der Waals surface area contributed by atoms with Crippen LogP contribution in [0.1, 0.15) is 15.1 Å². The minimum atomic E-state index is -0.687. The number of hydrogen-bond donors (Lipinski definition) is 0. The van der Waals surface area contributed by atoms with Gasteiger partial charge < -0.3 is 4.42 Å². The van der Waals surface area contributed by atoms with Crippen molar-refractivity contribution in [3.8, 4) is 67.5 Å². The lowest BCUT2D eigenvalue weighted by Crippen LogP contribution is -2.01. The molecule has 4 nitrogen and oxygen atoms in total. The van der Waals surface area contributed by atoms with Gasteiger partial charge in [0.1, 0.15) is 11.2 Å². The maximum atomic E-state index is 9.52. The summed E-state index contributed by atoms with van der Waals surface area (Å²) in [5, 5.41) is -0.395. The first-order valence-corrected chi connectivity index (χ1v) is 15.5. The molecule has 0 unspecified atom stereocenters. The van der Waals surface area contributed by atoms with Crippen molar-refractivity contribution in [2.24, 2.45) is 0 Å². The van der Waals surface area contributed by atoms with Crippen molar-refractivity contribution in [2.45, 2.75) is 0 Å². The van der Waals surface area contributed by atoms with Crippen LogP contribution in [-0.4, -0.2) is 15.0 Å². The second kappa shape index (κ2) is 12.2. The Balaban J connectivity index is 1.34. The molecule has 0 aliphatic carbocycles. The average molecular weight is 639 g/mol. The van der Waals surface area contributed by atoms with Gasteiger partial charge in [-0.3, -0.25) is 0 Å². The molecule has 0 atom stereocenters. The zero-order valence-electron chi connectivity index (χ0n) is 36.6. The zero-order chi connectivity index (χ0) is 42.1. The van der Waals surface area contributed by atoms with Gasteiger partial charge in [-0.05, 0) is 63.6 Å². The summed E-state index contributed by atoms with van der Waals surface area (Å²) >= 11 is 0. The van der Waals surface area contributed by atoms with E-state index in [4.69, 9.17) is 30.3 Å². The second-order valence-corrected chi connectivity index (χ2v) is 11.2. The monoisotopic (exact) mass is 638 g/mol. The largest absolute Gasteiger partial charge is 0.456 e. The number of hydrogen-bond acceptors (Lipinski definition) is 4. The molecule has 0 spiro atoms. The Kier molecular flexibility index (Phi) is 4.78. The summed E-state index contributed by atoms with van der Waals surface area (Å²) in [5.74, 6) is 0.337.